The highest BCUT2D eigenvalue weighted by Gasteiger charge is 2.70. The van der Waals surface area contributed by atoms with Crippen molar-refractivity contribution in [2.45, 2.75) is 118 Å². The highest BCUT2D eigenvalue weighted by atomic mass is 16.5. The molecule has 2 aromatic rings. The number of nitrogens with two attached hydrogens (primary N) is 1. The highest BCUT2D eigenvalue weighted by molar-refractivity contribution is 5.88. The van der Waals surface area contributed by atoms with Gasteiger partial charge in [0.05, 0.1) is 17.7 Å². The Morgan fingerprint density at radius 1 is 1.00 bits per heavy atom. The van der Waals surface area contributed by atoms with E-state index < -0.39 is 24.1 Å². The van der Waals surface area contributed by atoms with E-state index in [1.165, 1.54) is 6.92 Å². The number of para-hydroxylation sites is 1. The Hall–Kier alpha value is -3.23. The number of pyridine rings is 1. The second kappa shape index (κ2) is 13.6. The Morgan fingerprint density at radius 2 is 1.71 bits per heavy atom. The minimum absolute atomic E-state index is 0.0474. The van der Waals surface area contributed by atoms with Crippen LogP contribution in [-0.2, 0) is 14.3 Å². The number of hydrogen-bond acceptors (Lipinski definition) is 7. The van der Waals surface area contributed by atoms with Crippen molar-refractivity contribution in [1.82, 2.24) is 4.98 Å². The number of fused-ring (bicyclic) bond motifs is 6. The summed E-state index contributed by atoms with van der Waals surface area (Å²) in [5.41, 5.74) is 8.03. The quantitative estimate of drug-likeness (QED) is 0.147. The lowest BCUT2D eigenvalue weighted by molar-refractivity contribution is -0.234. The summed E-state index contributed by atoms with van der Waals surface area (Å²) in [5, 5.41) is 34.0. The predicted molar refractivity (Wildman–Crippen MR) is 189 cm³/mol. The standard InChI is InChI=1S/C31H48O6.C9H8N2/c1-17(2)9-8-10-20(28(35)36)26-22-15-24(34)27-29(5)13-12-23(33)18(3)21(29)11-14-30(27,6)31(22,7)16-25(26)37-19(4)32;10-9-6-5-7-3-1-2-4-8(7)11-9/h9,18,21-25,27,33-34H,8,10-16H2,1-7H3,(H,35,36);1-6H,(H2,10,11)/t18-,21?,22+,23+,24+,25-,27?,29-,30-,31-;/m0./s1. The molecule has 2 unspecified atom stereocenters. The van der Waals surface area contributed by atoms with Gasteiger partial charge >= 0.3 is 11.9 Å². The molecule has 8 heteroatoms. The topological polar surface area (TPSA) is 143 Å². The van der Waals surface area contributed by atoms with E-state index in [9.17, 15) is 24.9 Å². The molecule has 0 amide bonds. The third kappa shape index (κ3) is 6.31. The van der Waals surface area contributed by atoms with Gasteiger partial charge in [-0.2, -0.15) is 0 Å². The number of aliphatic carboxylic acids is 1. The van der Waals surface area contributed by atoms with E-state index in [1.807, 2.05) is 56.3 Å². The molecule has 0 saturated heterocycles. The smallest absolute Gasteiger partial charge is 0.331 e. The van der Waals surface area contributed by atoms with Crippen molar-refractivity contribution in [2.75, 3.05) is 5.73 Å². The summed E-state index contributed by atoms with van der Waals surface area (Å²) >= 11 is 0. The molecule has 4 saturated carbocycles. The minimum Gasteiger partial charge on any atom is -0.478 e. The van der Waals surface area contributed by atoms with Crippen LogP contribution in [0.3, 0.4) is 0 Å². The van der Waals surface area contributed by atoms with E-state index in [0.29, 0.717) is 43.0 Å². The van der Waals surface area contributed by atoms with Crippen molar-refractivity contribution in [3.63, 3.8) is 0 Å². The molecule has 0 aliphatic heterocycles. The van der Waals surface area contributed by atoms with Gasteiger partial charge in [-0.1, -0.05) is 57.5 Å². The number of ether oxygens (including phenoxy) is 1. The number of aliphatic hydroxyl groups is 2. The number of aromatic nitrogens is 1. The van der Waals surface area contributed by atoms with Gasteiger partial charge < -0.3 is 25.8 Å². The van der Waals surface area contributed by atoms with E-state index in [0.717, 1.165) is 47.7 Å². The lowest BCUT2D eigenvalue weighted by Gasteiger charge is -2.69. The number of nitrogens with zero attached hydrogens (tertiary/aromatic N) is 1. The van der Waals surface area contributed by atoms with Gasteiger partial charge in [0, 0.05) is 17.9 Å². The molecule has 48 heavy (non-hydrogen) atoms. The average molecular weight is 661 g/mol. The van der Waals surface area contributed by atoms with Crippen molar-refractivity contribution in [1.29, 1.82) is 0 Å². The largest absolute Gasteiger partial charge is 0.478 e. The van der Waals surface area contributed by atoms with Crippen LogP contribution in [0.25, 0.3) is 10.9 Å². The molecule has 4 aliphatic rings. The van der Waals surface area contributed by atoms with Crippen LogP contribution < -0.4 is 5.73 Å². The summed E-state index contributed by atoms with van der Waals surface area (Å²) in [6.07, 6.45) is 6.22. The number of benzene rings is 1. The van der Waals surface area contributed by atoms with Crippen LogP contribution >= 0.6 is 0 Å². The normalized spacial score (nSPS) is 38.0. The van der Waals surface area contributed by atoms with Crippen LogP contribution in [0.2, 0.25) is 0 Å². The van der Waals surface area contributed by atoms with Crippen LogP contribution in [0, 0.1) is 39.9 Å². The molecule has 8 nitrogen and oxygen atoms in total. The van der Waals surface area contributed by atoms with Crippen LogP contribution in [0.15, 0.2) is 59.2 Å². The Morgan fingerprint density at radius 3 is 2.38 bits per heavy atom. The average Bonchev–Trinajstić information content (AvgIpc) is 3.28. The van der Waals surface area contributed by atoms with E-state index in [4.69, 9.17) is 10.5 Å². The lowest BCUT2D eigenvalue weighted by atomic mass is 9.36. The molecule has 1 aromatic heterocycles. The third-order valence-corrected chi connectivity index (χ3v) is 13.2. The molecule has 5 N–H and O–H groups in total. The zero-order valence-electron chi connectivity index (χ0n) is 29.8. The van der Waals surface area contributed by atoms with Crippen LogP contribution in [0.1, 0.15) is 99.8 Å². The van der Waals surface area contributed by atoms with Crippen LogP contribution in [0.4, 0.5) is 5.82 Å². The summed E-state index contributed by atoms with van der Waals surface area (Å²) < 4.78 is 5.87. The number of carbonyl (C=O) groups excluding carboxylic acids is 1. The second-order valence-electron chi connectivity index (χ2n) is 16.1. The van der Waals surface area contributed by atoms with Gasteiger partial charge in [0.2, 0.25) is 0 Å². The maximum absolute atomic E-state index is 12.6. The van der Waals surface area contributed by atoms with Crippen LogP contribution in [-0.4, -0.2) is 50.6 Å². The Labute approximate surface area is 285 Å². The number of carboxylic acid groups (broad SMARTS) is 1. The van der Waals surface area contributed by atoms with Gasteiger partial charge in [-0.25, -0.2) is 9.78 Å². The Kier molecular flexibility index (Phi) is 10.2. The first kappa shape index (κ1) is 36.1. The van der Waals surface area contributed by atoms with E-state index >= 15 is 0 Å². The van der Waals surface area contributed by atoms with Crippen molar-refractivity contribution in [3.05, 3.63) is 59.2 Å². The van der Waals surface area contributed by atoms with Gasteiger partial charge in [-0.15, -0.1) is 0 Å². The van der Waals surface area contributed by atoms with E-state index in [1.54, 1.807) is 0 Å². The molecule has 1 aromatic carbocycles. The fourth-order valence-corrected chi connectivity index (χ4v) is 10.9. The molecule has 262 valence electrons. The SMILES string of the molecule is CC(=O)O[C@H]1C[C@@]2(C)[C@H](C[C@@H](O)C3[C@@]4(C)CC[C@@H](O)[C@@H](C)C4CC[C@@]32C)C1=C(CCC=C(C)C)C(=O)O.Nc1ccc2ccccc2n1. The molecule has 6 rings (SSSR count). The van der Waals surface area contributed by atoms with Crippen molar-refractivity contribution < 1.29 is 29.6 Å². The van der Waals surface area contributed by atoms with Crippen LogP contribution in [0.5, 0.6) is 0 Å². The van der Waals surface area contributed by atoms with E-state index in [2.05, 4.69) is 32.7 Å². The van der Waals surface area contributed by atoms with Gasteiger partial charge in [0.1, 0.15) is 11.9 Å². The zero-order chi connectivity index (χ0) is 35.2. The number of esters is 1. The van der Waals surface area contributed by atoms with Crippen molar-refractivity contribution in [2.24, 2.45) is 39.9 Å². The van der Waals surface area contributed by atoms with E-state index in [-0.39, 0.29) is 40.1 Å². The van der Waals surface area contributed by atoms with Gasteiger partial charge in [-0.3, -0.25) is 4.79 Å². The van der Waals surface area contributed by atoms with Gasteiger partial charge in [0.15, 0.2) is 0 Å². The third-order valence-electron chi connectivity index (χ3n) is 13.2. The number of aliphatic hydroxyl groups excluding tert-OH is 2. The fraction of sp³-hybridized carbons (Fsp3) is 0.625. The summed E-state index contributed by atoms with van der Waals surface area (Å²) in [7, 11) is 0. The summed E-state index contributed by atoms with van der Waals surface area (Å²) in [4.78, 5) is 29.0. The molecule has 4 aliphatic carbocycles. The number of rotatable bonds is 5. The zero-order valence-corrected chi connectivity index (χ0v) is 29.8. The monoisotopic (exact) mass is 660 g/mol. The number of allylic oxidation sites excluding steroid dienone is 2. The Bertz CT molecular complexity index is 1600. The van der Waals surface area contributed by atoms with Gasteiger partial charge in [0.25, 0.3) is 0 Å². The summed E-state index contributed by atoms with van der Waals surface area (Å²) in [6, 6.07) is 11.7. The maximum Gasteiger partial charge on any atom is 0.331 e. The second-order valence-corrected chi connectivity index (χ2v) is 16.1. The number of carbonyl (C=O) groups is 2. The molecule has 1 heterocycles. The summed E-state index contributed by atoms with van der Waals surface area (Å²) in [6.45, 7) is 14.5. The first-order chi connectivity index (χ1) is 22.5. The van der Waals surface area contributed by atoms with Crippen molar-refractivity contribution >= 4 is 28.7 Å². The highest BCUT2D eigenvalue weighted by Crippen LogP contribution is 2.74. The Balaban J connectivity index is 0.000000343. The molecule has 4 fully saturated rings. The molecule has 10 atom stereocenters. The van der Waals surface area contributed by atoms with Crippen molar-refractivity contribution in [3.8, 4) is 0 Å². The maximum atomic E-state index is 12.6. The number of anilines is 1. The predicted octanol–water partition coefficient (Wildman–Crippen LogP) is 7.48. The summed E-state index contributed by atoms with van der Waals surface area (Å²) in [5.74, 6) is -0.337. The molecule has 0 radical (unpaired) electrons. The molecular weight excluding hydrogens is 604 g/mol. The molecule has 0 spiro atoms. The number of carboxylic acids is 1. The molecule has 0 bridgehead atoms. The number of nitrogen functional groups attached to an aromatic ring is 1. The first-order valence-electron chi connectivity index (χ1n) is 17.8. The lowest BCUT2D eigenvalue weighted by Crippen LogP contribution is -2.65. The number of hydrogen-bond donors (Lipinski definition) is 4. The fourth-order valence-electron chi connectivity index (χ4n) is 10.9. The minimum atomic E-state index is -0.953. The molecular formula is C40H56N2O6. The first-order valence-corrected chi connectivity index (χ1v) is 17.8. The van der Waals surface area contributed by atoms with Gasteiger partial charge in [-0.05, 0) is 129 Å².